The van der Waals surface area contributed by atoms with Gasteiger partial charge in [-0.1, -0.05) is 23.7 Å². The number of amides is 1. The van der Waals surface area contributed by atoms with E-state index in [9.17, 15) is 4.79 Å². The first kappa shape index (κ1) is 12.2. The second kappa shape index (κ2) is 5.03. The largest absolute Gasteiger partial charge is 0.347 e. The van der Waals surface area contributed by atoms with Crippen molar-refractivity contribution in [1.29, 1.82) is 0 Å². The fraction of sp³-hybridized carbons (Fsp3) is 0.231. The lowest BCUT2D eigenvalue weighted by Gasteiger charge is -2.22. The van der Waals surface area contributed by atoms with Gasteiger partial charge in [0.2, 0.25) is 5.91 Å². The molecule has 0 spiro atoms. The number of aromatic amines is 1. The Labute approximate surface area is 115 Å². The molecule has 1 aromatic carbocycles. The van der Waals surface area contributed by atoms with Gasteiger partial charge in [-0.3, -0.25) is 10.1 Å². The van der Waals surface area contributed by atoms with Crippen molar-refractivity contribution in [3.05, 3.63) is 47.0 Å². The van der Waals surface area contributed by atoms with Crippen molar-refractivity contribution in [2.75, 3.05) is 5.32 Å². The highest BCUT2D eigenvalue weighted by Gasteiger charge is 2.25. The summed E-state index contributed by atoms with van der Waals surface area (Å²) >= 11 is 6.02. The number of halogens is 1. The van der Waals surface area contributed by atoms with Gasteiger partial charge in [0.25, 0.3) is 0 Å². The lowest BCUT2D eigenvalue weighted by Crippen LogP contribution is -2.44. The minimum absolute atomic E-state index is 0.0956. The zero-order valence-electron chi connectivity index (χ0n) is 10.1. The number of nitrogens with one attached hydrogen (secondary N) is 3. The Balaban J connectivity index is 1.71. The molecular weight excluding hydrogens is 264 g/mol. The van der Waals surface area contributed by atoms with Gasteiger partial charge in [-0.2, -0.15) is 0 Å². The second-order valence-electron chi connectivity index (χ2n) is 4.43. The molecule has 0 saturated heterocycles. The van der Waals surface area contributed by atoms with Crippen molar-refractivity contribution in [3.8, 4) is 0 Å². The van der Waals surface area contributed by atoms with Crippen LogP contribution in [0.5, 0.6) is 0 Å². The van der Waals surface area contributed by atoms with Gasteiger partial charge in [-0.05, 0) is 12.1 Å². The number of carbonyl (C=O) groups is 1. The maximum atomic E-state index is 12.2. The standard InChI is InChI=1S/C13H13ClN4O/c14-8-3-1-2-4-9(8)18-13(19)11-5-10-12(6-15-11)17-7-16-10/h1-4,7,11,15H,5-6H2,(H,16,17)(H,18,19). The van der Waals surface area contributed by atoms with Crippen molar-refractivity contribution in [3.63, 3.8) is 0 Å². The molecule has 1 aliphatic heterocycles. The van der Waals surface area contributed by atoms with E-state index < -0.39 is 0 Å². The number of hydrogen-bond donors (Lipinski definition) is 3. The Morgan fingerprint density at radius 2 is 2.26 bits per heavy atom. The van der Waals surface area contributed by atoms with Crippen molar-refractivity contribution in [2.24, 2.45) is 0 Å². The van der Waals surface area contributed by atoms with Gasteiger partial charge in [0.05, 0.1) is 34.5 Å². The predicted molar refractivity (Wildman–Crippen MR) is 73.0 cm³/mol. The third-order valence-electron chi connectivity index (χ3n) is 3.18. The van der Waals surface area contributed by atoms with Crippen LogP contribution in [0.3, 0.4) is 0 Å². The van der Waals surface area contributed by atoms with Gasteiger partial charge in [0.15, 0.2) is 0 Å². The molecule has 0 bridgehead atoms. The Morgan fingerprint density at radius 3 is 3.11 bits per heavy atom. The molecular formula is C13H13ClN4O. The van der Waals surface area contributed by atoms with Crippen molar-refractivity contribution < 1.29 is 4.79 Å². The molecule has 0 fully saturated rings. The molecule has 2 heterocycles. The number of aromatic nitrogens is 2. The van der Waals surface area contributed by atoms with Crippen molar-refractivity contribution in [1.82, 2.24) is 15.3 Å². The monoisotopic (exact) mass is 276 g/mol. The van der Waals surface area contributed by atoms with E-state index in [1.165, 1.54) is 0 Å². The van der Waals surface area contributed by atoms with Crippen molar-refractivity contribution >= 4 is 23.2 Å². The first-order valence-electron chi connectivity index (χ1n) is 6.04. The molecule has 0 saturated carbocycles. The number of imidazole rings is 1. The van der Waals surface area contributed by atoms with E-state index in [0.29, 0.717) is 23.7 Å². The minimum Gasteiger partial charge on any atom is -0.347 e. The van der Waals surface area contributed by atoms with Gasteiger partial charge in [0, 0.05) is 13.0 Å². The highest BCUT2D eigenvalue weighted by atomic mass is 35.5. The second-order valence-corrected chi connectivity index (χ2v) is 4.84. The molecule has 0 aliphatic carbocycles. The summed E-state index contributed by atoms with van der Waals surface area (Å²) in [7, 11) is 0. The van der Waals surface area contributed by atoms with E-state index in [1.807, 2.05) is 12.1 Å². The van der Waals surface area contributed by atoms with E-state index in [0.717, 1.165) is 11.4 Å². The van der Waals surface area contributed by atoms with Gasteiger partial charge in [-0.15, -0.1) is 0 Å². The maximum Gasteiger partial charge on any atom is 0.241 e. The zero-order chi connectivity index (χ0) is 13.2. The molecule has 1 aliphatic rings. The van der Waals surface area contributed by atoms with Crippen LogP contribution in [0.25, 0.3) is 0 Å². The van der Waals surface area contributed by atoms with Gasteiger partial charge in [0.1, 0.15) is 0 Å². The van der Waals surface area contributed by atoms with Crippen LogP contribution in [0.2, 0.25) is 5.02 Å². The highest BCUT2D eigenvalue weighted by Crippen LogP contribution is 2.21. The van der Waals surface area contributed by atoms with Gasteiger partial charge in [-0.25, -0.2) is 4.98 Å². The van der Waals surface area contributed by atoms with Crippen LogP contribution in [0.15, 0.2) is 30.6 Å². The lowest BCUT2D eigenvalue weighted by molar-refractivity contribution is -0.118. The van der Waals surface area contributed by atoms with Gasteiger partial charge < -0.3 is 10.3 Å². The number of anilines is 1. The van der Waals surface area contributed by atoms with E-state index in [4.69, 9.17) is 11.6 Å². The number of hydrogen-bond acceptors (Lipinski definition) is 3. The SMILES string of the molecule is O=C(Nc1ccccc1Cl)C1Cc2nc[nH]c2CN1. The van der Waals surface area contributed by atoms with E-state index in [2.05, 4.69) is 20.6 Å². The summed E-state index contributed by atoms with van der Waals surface area (Å²) in [5.41, 5.74) is 2.61. The first-order chi connectivity index (χ1) is 9.24. The molecule has 1 unspecified atom stereocenters. The Hall–Kier alpha value is -1.85. The summed E-state index contributed by atoms with van der Waals surface area (Å²) < 4.78 is 0. The predicted octanol–water partition coefficient (Wildman–Crippen LogP) is 1.72. The number of nitrogens with zero attached hydrogens (tertiary/aromatic N) is 1. The molecule has 3 rings (SSSR count). The molecule has 1 atom stereocenters. The minimum atomic E-state index is -0.285. The third-order valence-corrected chi connectivity index (χ3v) is 3.51. The van der Waals surface area contributed by atoms with E-state index in [1.54, 1.807) is 18.5 Å². The van der Waals surface area contributed by atoms with Crippen molar-refractivity contribution in [2.45, 2.75) is 19.0 Å². The smallest absolute Gasteiger partial charge is 0.241 e. The summed E-state index contributed by atoms with van der Waals surface area (Å²) in [6.07, 6.45) is 2.23. The summed E-state index contributed by atoms with van der Waals surface area (Å²) in [5.74, 6) is -0.0956. The summed E-state index contributed by atoms with van der Waals surface area (Å²) in [6, 6.07) is 6.90. The highest BCUT2D eigenvalue weighted by molar-refractivity contribution is 6.33. The average molecular weight is 277 g/mol. The number of H-pyrrole nitrogens is 1. The van der Waals surface area contributed by atoms with Crippen LogP contribution in [0.1, 0.15) is 11.4 Å². The van der Waals surface area contributed by atoms with Crippen LogP contribution in [-0.4, -0.2) is 21.9 Å². The molecule has 3 N–H and O–H groups in total. The molecule has 1 aromatic heterocycles. The zero-order valence-corrected chi connectivity index (χ0v) is 10.9. The Kier molecular flexibility index (Phi) is 3.23. The molecule has 2 aromatic rings. The van der Waals surface area contributed by atoms with Gasteiger partial charge >= 0.3 is 0 Å². The molecule has 98 valence electrons. The number of fused-ring (bicyclic) bond motifs is 1. The molecule has 6 heteroatoms. The van der Waals surface area contributed by atoms with Crippen LogP contribution < -0.4 is 10.6 Å². The van der Waals surface area contributed by atoms with Crippen LogP contribution in [-0.2, 0) is 17.8 Å². The summed E-state index contributed by atoms with van der Waals surface area (Å²) in [4.78, 5) is 19.4. The van der Waals surface area contributed by atoms with Crippen LogP contribution in [0, 0.1) is 0 Å². The van der Waals surface area contributed by atoms with Crippen LogP contribution in [0.4, 0.5) is 5.69 Å². The molecule has 5 nitrogen and oxygen atoms in total. The Morgan fingerprint density at radius 1 is 1.42 bits per heavy atom. The fourth-order valence-corrected chi connectivity index (χ4v) is 2.32. The normalized spacial score (nSPS) is 17.8. The number of benzene rings is 1. The molecule has 19 heavy (non-hydrogen) atoms. The van der Waals surface area contributed by atoms with E-state index in [-0.39, 0.29) is 11.9 Å². The van der Waals surface area contributed by atoms with E-state index >= 15 is 0 Å². The third kappa shape index (κ3) is 2.47. The van der Waals surface area contributed by atoms with Crippen LogP contribution >= 0.6 is 11.6 Å². The molecule has 1 amide bonds. The fourth-order valence-electron chi connectivity index (χ4n) is 2.14. The molecule has 0 radical (unpaired) electrons. The number of para-hydroxylation sites is 1. The summed E-state index contributed by atoms with van der Waals surface area (Å²) in [6.45, 7) is 0.621. The quantitative estimate of drug-likeness (QED) is 0.782. The average Bonchev–Trinajstić information content (AvgIpc) is 2.88. The summed E-state index contributed by atoms with van der Waals surface area (Å²) in [5, 5.41) is 6.54. The lowest BCUT2D eigenvalue weighted by atomic mass is 10.0. The maximum absolute atomic E-state index is 12.2. The first-order valence-corrected chi connectivity index (χ1v) is 6.42. The Bertz CT molecular complexity index is 610. The topological polar surface area (TPSA) is 69.8 Å². The number of rotatable bonds is 2. The number of carbonyl (C=O) groups excluding carboxylic acids is 1.